The summed E-state index contributed by atoms with van der Waals surface area (Å²) in [6.07, 6.45) is 6.56. The van der Waals surface area contributed by atoms with Crippen molar-refractivity contribution in [2.75, 3.05) is 6.61 Å². The monoisotopic (exact) mass is 220 g/mol. The van der Waals surface area contributed by atoms with Crippen molar-refractivity contribution in [1.82, 2.24) is 0 Å². The molecule has 0 spiro atoms. The predicted molar refractivity (Wildman–Crippen MR) is 64.9 cm³/mol. The smallest absolute Gasteiger partial charge is 0.161 e. The van der Waals surface area contributed by atoms with E-state index in [-0.39, 0.29) is 0 Å². The molecule has 1 aliphatic rings. The fraction of sp³-hybridized carbons (Fsp3) is 0.571. The van der Waals surface area contributed by atoms with Crippen molar-refractivity contribution >= 4 is 0 Å². The van der Waals surface area contributed by atoms with Gasteiger partial charge < -0.3 is 9.84 Å². The number of hydrogen-bond donors (Lipinski definition) is 1. The standard InChI is InChI=1S/C14H20O2/c1-11-6-5-9-13(14(11)15)16-10-12-7-3-2-4-8-12/h5-6,9,12,15H,2-4,7-8,10H2,1H3. The number of para-hydroxylation sites is 1. The van der Waals surface area contributed by atoms with Crippen molar-refractivity contribution in [2.24, 2.45) is 5.92 Å². The molecular formula is C14H20O2. The van der Waals surface area contributed by atoms with Crippen molar-refractivity contribution < 1.29 is 9.84 Å². The van der Waals surface area contributed by atoms with E-state index in [0.717, 1.165) is 12.2 Å². The summed E-state index contributed by atoms with van der Waals surface area (Å²) < 4.78 is 5.71. The highest BCUT2D eigenvalue weighted by Crippen LogP contribution is 2.31. The Morgan fingerprint density at radius 1 is 1.25 bits per heavy atom. The van der Waals surface area contributed by atoms with Gasteiger partial charge >= 0.3 is 0 Å². The first kappa shape index (κ1) is 11.3. The Kier molecular flexibility index (Phi) is 3.70. The lowest BCUT2D eigenvalue weighted by Gasteiger charge is -2.22. The second kappa shape index (κ2) is 5.24. The lowest BCUT2D eigenvalue weighted by Crippen LogP contribution is -2.15. The normalized spacial score (nSPS) is 17.3. The minimum atomic E-state index is 0.290. The van der Waals surface area contributed by atoms with Crippen molar-refractivity contribution in [2.45, 2.75) is 39.0 Å². The van der Waals surface area contributed by atoms with Gasteiger partial charge in [0.1, 0.15) is 0 Å². The number of ether oxygens (including phenoxy) is 1. The molecule has 2 nitrogen and oxygen atoms in total. The lowest BCUT2D eigenvalue weighted by atomic mass is 9.90. The summed E-state index contributed by atoms with van der Waals surface area (Å²) in [4.78, 5) is 0. The fourth-order valence-electron chi connectivity index (χ4n) is 2.31. The van der Waals surface area contributed by atoms with Gasteiger partial charge in [0.2, 0.25) is 0 Å². The van der Waals surface area contributed by atoms with Crippen LogP contribution in [0, 0.1) is 12.8 Å². The molecule has 1 fully saturated rings. The molecule has 0 aromatic heterocycles. The largest absolute Gasteiger partial charge is 0.504 e. The Morgan fingerprint density at radius 3 is 2.75 bits per heavy atom. The molecular weight excluding hydrogens is 200 g/mol. The van der Waals surface area contributed by atoms with Crippen LogP contribution >= 0.6 is 0 Å². The summed E-state index contributed by atoms with van der Waals surface area (Å²) in [7, 11) is 0. The molecule has 1 aromatic carbocycles. The number of aromatic hydroxyl groups is 1. The first-order valence-corrected chi connectivity index (χ1v) is 6.19. The SMILES string of the molecule is Cc1cccc(OCC2CCCCC2)c1O. The van der Waals surface area contributed by atoms with Crippen LogP contribution in [-0.4, -0.2) is 11.7 Å². The second-order valence-corrected chi connectivity index (χ2v) is 4.74. The van der Waals surface area contributed by atoms with Crippen LogP contribution < -0.4 is 4.74 Å². The highest BCUT2D eigenvalue weighted by molar-refractivity contribution is 5.44. The van der Waals surface area contributed by atoms with Gasteiger partial charge in [0, 0.05) is 0 Å². The Morgan fingerprint density at radius 2 is 2.00 bits per heavy atom. The summed E-state index contributed by atoms with van der Waals surface area (Å²) in [6, 6.07) is 5.65. The number of phenolic OH excluding ortho intramolecular Hbond substituents is 1. The molecule has 1 saturated carbocycles. The first-order chi connectivity index (χ1) is 7.77. The topological polar surface area (TPSA) is 29.5 Å². The Balaban J connectivity index is 1.91. The Hall–Kier alpha value is -1.18. The maximum absolute atomic E-state index is 9.80. The summed E-state index contributed by atoms with van der Waals surface area (Å²) >= 11 is 0. The molecule has 1 aromatic rings. The molecule has 1 N–H and O–H groups in total. The van der Waals surface area contributed by atoms with E-state index in [4.69, 9.17) is 4.74 Å². The number of hydrogen-bond acceptors (Lipinski definition) is 2. The van der Waals surface area contributed by atoms with Gasteiger partial charge in [0.25, 0.3) is 0 Å². The zero-order chi connectivity index (χ0) is 11.4. The Bertz CT molecular complexity index is 341. The van der Waals surface area contributed by atoms with E-state index in [1.54, 1.807) is 0 Å². The maximum atomic E-state index is 9.80. The lowest BCUT2D eigenvalue weighted by molar-refractivity contribution is 0.203. The first-order valence-electron chi connectivity index (χ1n) is 6.19. The van der Waals surface area contributed by atoms with Crippen molar-refractivity contribution in [1.29, 1.82) is 0 Å². The van der Waals surface area contributed by atoms with E-state index in [0.29, 0.717) is 17.4 Å². The number of phenols is 1. The van der Waals surface area contributed by atoms with Crippen LogP contribution in [0.3, 0.4) is 0 Å². The van der Waals surface area contributed by atoms with Crippen LogP contribution in [0.1, 0.15) is 37.7 Å². The van der Waals surface area contributed by atoms with Gasteiger partial charge in [-0.2, -0.15) is 0 Å². The van der Waals surface area contributed by atoms with Gasteiger partial charge in [-0.15, -0.1) is 0 Å². The third-order valence-electron chi connectivity index (χ3n) is 3.40. The minimum Gasteiger partial charge on any atom is -0.504 e. The minimum absolute atomic E-state index is 0.290. The van der Waals surface area contributed by atoms with Crippen LogP contribution in [0.25, 0.3) is 0 Å². The quantitative estimate of drug-likeness (QED) is 0.842. The average molecular weight is 220 g/mol. The third-order valence-corrected chi connectivity index (χ3v) is 3.40. The van der Waals surface area contributed by atoms with Crippen LogP contribution in [0.4, 0.5) is 0 Å². The molecule has 0 radical (unpaired) electrons. The molecule has 2 heteroatoms. The highest BCUT2D eigenvalue weighted by Gasteiger charge is 2.15. The molecule has 0 aliphatic heterocycles. The van der Waals surface area contributed by atoms with E-state index in [9.17, 15) is 5.11 Å². The molecule has 0 heterocycles. The molecule has 2 rings (SSSR count). The van der Waals surface area contributed by atoms with Crippen LogP contribution in [0.15, 0.2) is 18.2 Å². The number of rotatable bonds is 3. The summed E-state index contributed by atoms with van der Waals surface area (Å²) in [5.74, 6) is 1.59. The van der Waals surface area contributed by atoms with Crippen LogP contribution in [-0.2, 0) is 0 Å². The molecule has 16 heavy (non-hydrogen) atoms. The van der Waals surface area contributed by atoms with Crippen LogP contribution in [0.5, 0.6) is 11.5 Å². The van der Waals surface area contributed by atoms with E-state index in [2.05, 4.69) is 0 Å². The number of aryl methyl sites for hydroxylation is 1. The second-order valence-electron chi connectivity index (χ2n) is 4.74. The molecule has 0 atom stereocenters. The summed E-state index contributed by atoms with van der Waals surface area (Å²) in [5, 5.41) is 9.80. The molecule has 88 valence electrons. The van der Waals surface area contributed by atoms with Crippen LogP contribution in [0.2, 0.25) is 0 Å². The average Bonchev–Trinajstić information content (AvgIpc) is 2.32. The van der Waals surface area contributed by atoms with E-state index in [1.807, 2.05) is 25.1 Å². The molecule has 0 bridgehead atoms. The third kappa shape index (κ3) is 2.69. The maximum Gasteiger partial charge on any atom is 0.161 e. The van der Waals surface area contributed by atoms with E-state index >= 15 is 0 Å². The number of benzene rings is 1. The van der Waals surface area contributed by atoms with Gasteiger partial charge in [0.15, 0.2) is 11.5 Å². The van der Waals surface area contributed by atoms with Gasteiger partial charge in [-0.25, -0.2) is 0 Å². The molecule has 0 amide bonds. The summed E-state index contributed by atoms with van der Waals surface area (Å²) in [6.45, 7) is 2.64. The zero-order valence-corrected chi connectivity index (χ0v) is 9.91. The van der Waals surface area contributed by atoms with Crippen molar-refractivity contribution in [3.63, 3.8) is 0 Å². The Labute approximate surface area is 97.3 Å². The fourth-order valence-corrected chi connectivity index (χ4v) is 2.31. The van der Waals surface area contributed by atoms with E-state index < -0.39 is 0 Å². The molecule has 0 unspecified atom stereocenters. The van der Waals surface area contributed by atoms with E-state index in [1.165, 1.54) is 32.1 Å². The van der Waals surface area contributed by atoms with Crippen molar-refractivity contribution in [3.05, 3.63) is 23.8 Å². The van der Waals surface area contributed by atoms with Gasteiger partial charge in [0.05, 0.1) is 6.61 Å². The van der Waals surface area contributed by atoms with Gasteiger partial charge in [-0.3, -0.25) is 0 Å². The van der Waals surface area contributed by atoms with Gasteiger partial charge in [-0.05, 0) is 37.3 Å². The highest BCUT2D eigenvalue weighted by atomic mass is 16.5. The molecule has 0 saturated heterocycles. The molecule has 1 aliphatic carbocycles. The summed E-state index contributed by atoms with van der Waals surface area (Å²) in [5.41, 5.74) is 0.876. The predicted octanol–water partition coefficient (Wildman–Crippen LogP) is 3.66. The zero-order valence-electron chi connectivity index (χ0n) is 9.91. The van der Waals surface area contributed by atoms with Gasteiger partial charge in [-0.1, -0.05) is 31.4 Å². The van der Waals surface area contributed by atoms with Crippen molar-refractivity contribution in [3.8, 4) is 11.5 Å².